The fraction of sp³-hybridized carbons (Fsp3) is 0.357. The highest BCUT2D eigenvalue weighted by atomic mass is 16.5. The van der Waals surface area contributed by atoms with E-state index in [0.29, 0.717) is 0 Å². The van der Waals surface area contributed by atoms with Crippen molar-refractivity contribution in [2.45, 2.75) is 20.0 Å². The summed E-state index contributed by atoms with van der Waals surface area (Å²) in [4.78, 5) is 11.6. The lowest BCUT2D eigenvalue weighted by atomic mass is 10.1. The molecular weight excluding hydrogens is 230 g/mol. The number of rotatable bonds is 5. The van der Waals surface area contributed by atoms with Crippen molar-refractivity contribution in [1.29, 1.82) is 0 Å². The molecule has 18 heavy (non-hydrogen) atoms. The maximum absolute atomic E-state index is 11.6. The Kier molecular flexibility index (Phi) is 5.39. The van der Waals surface area contributed by atoms with Crippen molar-refractivity contribution in [2.75, 3.05) is 13.7 Å². The van der Waals surface area contributed by atoms with Gasteiger partial charge in [-0.1, -0.05) is 12.1 Å². The van der Waals surface area contributed by atoms with Gasteiger partial charge in [-0.2, -0.15) is 0 Å². The fourth-order valence-electron chi connectivity index (χ4n) is 1.45. The van der Waals surface area contributed by atoms with Crippen LogP contribution in [0, 0.1) is 0 Å². The van der Waals surface area contributed by atoms with Gasteiger partial charge in [0.1, 0.15) is 5.75 Å². The summed E-state index contributed by atoms with van der Waals surface area (Å²) >= 11 is 0. The fourth-order valence-corrected chi connectivity index (χ4v) is 1.45. The van der Waals surface area contributed by atoms with Crippen molar-refractivity contribution in [3.8, 4) is 5.75 Å². The molecule has 1 unspecified atom stereocenters. The zero-order valence-electron chi connectivity index (χ0n) is 10.9. The summed E-state index contributed by atoms with van der Waals surface area (Å²) in [6.07, 6.45) is 0.969. The van der Waals surface area contributed by atoms with Gasteiger partial charge in [-0.05, 0) is 37.1 Å². The van der Waals surface area contributed by atoms with E-state index in [1.165, 1.54) is 6.08 Å². The first-order valence-electron chi connectivity index (χ1n) is 5.81. The Morgan fingerprint density at radius 1 is 1.56 bits per heavy atom. The Hall–Kier alpha value is -1.81. The van der Waals surface area contributed by atoms with Crippen LogP contribution in [0.5, 0.6) is 5.75 Å². The first kappa shape index (κ1) is 14.3. The maximum atomic E-state index is 11.6. The number of ether oxygens (including phenoxy) is 1. The molecule has 4 nitrogen and oxygen atoms in total. The Labute approximate surface area is 107 Å². The summed E-state index contributed by atoms with van der Waals surface area (Å²) in [5.41, 5.74) is 1.78. The zero-order chi connectivity index (χ0) is 13.5. The van der Waals surface area contributed by atoms with Crippen molar-refractivity contribution in [3.05, 3.63) is 35.9 Å². The van der Waals surface area contributed by atoms with Crippen molar-refractivity contribution in [1.82, 2.24) is 5.32 Å². The lowest BCUT2D eigenvalue weighted by Crippen LogP contribution is -2.29. The van der Waals surface area contributed by atoms with Gasteiger partial charge in [0.25, 0.3) is 0 Å². The summed E-state index contributed by atoms with van der Waals surface area (Å²) in [7, 11) is 1.60. The molecule has 0 saturated heterocycles. The van der Waals surface area contributed by atoms with Gasteiger partial charge in [0.05, 0.1) is 13.2 Å². The molecular formula is C14H19NO3. The smallest absolute Gasteiger partial charge is 0.244 e. The van der Waals surface area contributed by atoms with Crippen LogP contribution in [0.3, 0.4) is 0 Å². The predicted octanol–water partition coefficient (Wildman–Crippen LogP) is 1.60. The highest BCUT2D eigenvalue weighted by Gasteiger charge is 2.03. The van der Waals surface area contributed by atoms with Crippen LogP contribution < -0.4 is 10.1 Å². The van der Waals surface area contributed by atoms with Crippen LogP contribution in [-0.4, -0.2) is 30.8 Å². The molecule has 0 bridgehead atoms. The van der Waals surface area contributed by atoms with Crippen molar-refractivity contribution >= 4 is 11.5 Å². The van der Waals surface area contributed by atoms with Gasteiger partial charge in [0, 0.05) is 12.6 Å². The average Bonchev–Trinajstić information content (AvgIpc) is 2.36. The molecule has 1 aromatic rings. The topological polar surface area (TPSA) is 58.6 Å². The number of aliphatic hydroxyl groups is 1. The van der Waals surface area contributed by atoms with Gasteiger partial charge in [-0.3, -0.25) is 4.79 Å². The first-order chi connectivity index (χ1) is 8.52. The third-order valence-electron chi connectivity index (χ3n) is 2.44. The molecule has 0 saturated carbocycles. The number of carbonyl (C=O) groups excluding carboxylic acids is 1. The SMILES string of the molecule is COc1cccc(/C(C)=C/C(=O)NCC(C)O)c1. The number of aliphatic hydroxyl groups excluding tert-OH is 1. The highest BCUT2D eigenvalue weighted by Crippen LogP contribution is 2.19. The second-order valence-corrected chi connectivity index (χ2v) is 4.15. The molecule has 1 aromatic carbocycles. The molecule has 2 N–H and O–H groups in total. The molecule has 1 rings (SSSR count). The molecule has 4 heteroatoms. The van der Waals surface area contributed by atoms with Gasteiger partial charge in [-0.25, -0.2) is 0 Å². The monoisotopic (exact) mass is 249 g/mol. The van der Waals surface area contributed by atoms with E-state index in [1.54, 1.807) is 14.0 Å². The van der Waals surface area contributed by atoms with Crippen LogP contribution in [0.2, 0.25) is 0 Å². The van der Waals surface area contributed by atoms with E-state index >= 15 is 0 Å². The van der Waals surface area contributed by atoms with Crippen LogP contribution >= 0.6 is 0 Å². The van der Waals surface area contributed by atoms with Crippen LogP contribution in [-0.2, 0) is 4.79 Å². The molecule has 0 fully saturated rings. The molecule has 0 aliphatic rings. The minimum absolute atomic E-state index is 0.212. The molecule has 0 aliphatic heterocycles. The molecule has 0 radical (unpaired) electrons. The quantitative estimate of drug-likeness (QED) is 0.779. The molecule has 0 aromatic heterocycles. The zero-order valence-corrected chi connectivity index (χ0v) is 10.9. The standard InChI is InChI=1S/C14H19NO3/c1-10(7-14(17)15-9-11(2)16)12-5-4-6-13(8-12)18-3/h4-8,11,16H,9H2,1-3H3,(H,15,17)/b10-7+. The van der Waals surface area contributed by atoms with E-state index < -0.39 is 6.10 Å². The Morgan fingerprint density at radius 3 is 2.89 bits per heavy atom. The van der Waals surface area contributed by atoms with Crippen LogP contribution in [0.1, 0.15) is 19.4 Å². The molecule has 0 spiro atoms. The van der Waals surface area contributed by atoms with Crippen molar-refractivity contribution in [3.63, 3.8) is 0 Å². The second kappa shape index (κ2) is 6.81. The van der Waals surface area contributed by atoms with E-state index in [1.807, 2.05) is 31.2 Å². The number of amides is 1. The Bertz CT molecular complexity index is 438. The van der Waals surface area contributed by atoms with E-state index in [9.17, 15) is 4.79 Å². The van der Waals surface area contributed by atoms with E-state index in [0.717, 1.165) is 16.9 Å². The summed E-state index contributed by atoms with van der Waals surface area (Å²) in [6, 6.07) is 7.51. The van der Waals surface area contributed by atoms with Crippen molar-refractivity contribution in [2.24, 2.45) is 0 Å². The molecule has 0 aliphatic carbocycles. The third kappa shape index (κ3) is 4.59. The van der Waals surface area contributed by atoms with Gasteiger partial charge in [0.15, 0.2) is 0 Å². The van der Waals surface area contributed by atoms with E-state index in [-0.39, 0.29) is 12.5 Å². The van der Waals surface area contributed by atoms with E-state index in [2.05, 4.69) is 5.32 Å². The van der Waals surface area contributed by atoms with E-state index in [4.69, 9.17) is 9.84 Å². The Balaban J connectivity index is 2.72. The lowest BCUT2D eigenvalue weighted by molar-refractivity contribution is -0.116. The third-order valence-corrected chi connectivity index (χ3v) is 2.44. The minimum Gasteiger partial charge on any atom is -0.497 e. The first-order valence-corrected chi connectivity index (χ1v) is 5.81. The number of hydrogen-bond acceptors (Lipinski definition) is 3. The summed E-state index contributed by atoms with van der Waals surface area (Å²) < 4.78 is 5.13. The number of methoxy groups -OCH3 is 1. The summed E-state index contributed by atoms with van der Waals surface area (Å²) in [5, 5.41) is 11.7. The number of hydrogen-bond donors (Lipinski definition) is 2. The predicted molar refractivity (Wildman–Crippen MR) is 71.3 cm³/mol. The van der Waals surface area contributed by atoms with Crippen molar-refractivity contribution < 1.29 is 14.6 Å². The number of benzene rings is 1. The molecule has 1 amide bonds. The van der Waals surface area contributed by atoms with Gasteiger partial charge < -0.3 is 15.2 Å². The van der Waals surface area contributed by atoms with Crippen LogP contribution in [0.4, 0.5) is 0 Å². The summed E-state index contributed by atoms with van der Waals surface area (Å²) in [5.74, 6) is 0.542. The number of carbonyl (C=O) groups is 1. The molecule has 0 heterocycles. The van der Waals surface area contributed by atoms with Gasteiger partial charge in [-0.15, -0.1) is 0 Å². The van der Waals surface area contributed by atoms with Gasteiger partial charge in [0.2, 0.25) is 5.91 Å². The van der Waals surface area contributed by atoms with Crippen LogP contribution in [0.25, 0.3) is 5.57 Å². The molecule has 98 valence electrons. The highest BCUT2D eigenvalue weighted by molar-refractivity contribution is 5.94. The largest absolute Gasteiger partial charge is 0.497 e. The van der Waals surface area contributed by atoms with Gasteiger partial charge >= 0.3 is 0 Å². The Morgan fingerprint density at radius 2 is 2.28 bits per heavy atom. The maximum Gasteiger partial charge on any atom is 0.244 e. The minimum atomic E-state index is -0.542. The average molecular weight is 249 g/mol. The molecule has 1 atom stereocenters. The number of allylic oxidation sites excluding steroid dienone is 1. The second-order valence-electron chi connectivity index (χ2n) is 4.15. The normalized spacial score (nSPS) is 13.0. The summed E-state index contributed by atoms with van der Waals surface area (Å²) in [6.45, 7) is 3.73. The van der Waals surface area contributed by atoms with Crippen LogP contribution in [0.15, 0.2) is 30.3 Å². The lowest BCUT2D eigenvalue weighted by Gasteiger charge is -2.07. The number of nitrogens with one attached hydrogen (secondary N) is 1.